The van der Waals surface area contributed by atoms with E-state index in [1.54, 1.807) is 0 Å². The van der Waals surface area contributed by atoms with Crippen molar-refractivity contribution in [2.75, 3.05) is 0 Å². The molecule has 1 aliphatic rings. The lowest BCUT2D eigenvalue weighted by Gasteiger charge is -2.26. The van der Waals surface area contributed by atoms with Crippen LogP contribution in [0.4, 0.5) is 0 Å². The third kappa shape index (κ3) is 3.38. The molecule has 0 amide bonds. The highest BCUT2D eigenvalue weighted by atomic mass is 32.1. The second kappa shape index (κ2) is 5.16. The van der Waals surface area contributed by atoms with Crippen LogP contribution in [-0.2, 0) is 0 Å². The molecule has 1 fully saturated rings. The van der Waals surface area contributed by atoms with Crippen molar-refractivity contribution in [1.29, 1.82) is 0 Å². The molecule has 0 radical (unpaired) electrons. The molecule has 0 heterocycles. The SMILES string of the molecule is CCCCC1(S)CCCCCC1. The molecule has 0 atom stereocenters. The van der Waals surface area contributed by atoms with Crippen molar-refractivity contribution >= 4 is 12.6 Å². The summed E-state index contributed by atoms with van der Waals surface area (Å²) in [6, 6.07) is 0. The molecule has 0 nitrogen and oxygen atoms in total. The number of unbranched alkanes of at least 4 members (excludes halogenated alkanes) is 1. The van der Waals surface area contributed by atoms with Crippen molar-refractivity contribution in [3.63, 3.8) is 0 Å². The van der Waals surface area contributed by atoms with Gasteiger partial charge in [-0.1, -0.05) is 45.4 Å². The van der Waals surface area contributed by atoms with Gasteiger partial charge >= 0.3 is 0 Å². The van der Waals surface area contributed by atoms with Gasteiger partial charge in [-0.05, 0) is 19.3 Å². The van der Waals surface area contributed by atoms with Crippen molar-refractivity contribution in [3.05, 3.63) is 0 Å². The fourth-order valence-electron chi connectivity index (χ4n) is 2.14. The summed E-state index contributed by atoms with van der Waals surface area (Å²) < 4.78 is 0.409. The van der Waals surface area contributed by atoms with Gasteiger partial charge in [0.1, 0.15) is 0 Å². The van der Waals surface area contributed by atoms with Crippen LogP contribution < -0.4 is 0 Å². The minimum Gasteiger partial charge on any atom is -0.173 e. The molecule has 0 aromatic heterocycles. The van der Waals surface area contributed by atoms with Crippen molar-refractivity contribution in [2.24, 2.45) is 0 Å². The van der Waals surface area contributed by atoms with E-state index >= 15 is 0 Å². The number of hydrogen-bond donors (Lipinski definition) is 1. The first-order valence-corrected chi connectivity index (χ1v) is 5.94. The molecular weight excluding hydrogens is 164 g/mol. The minimum atomic E-state index is 0.409. The Labute approximate surface area is 82.5 Å². The summed E-state index contributed by atoms with van der Waals surface area (Å²) in [4.78, 5) is 0. The van der Waals surface area contributed by atoms with Crippen LogP contribution >= 0.6 is 12.6 Å². The highest BCUT2D eigenvalue weighted by molar-refractivity contribution is 7.81. The van der Waals surface area contributed by atoms with Crippen LogP contribution in [0, 0.1) is 0 Å². The Hall–Kier alpha value is 0.350. The third-order valence-electron chi connectivity index (χ3n) is 3.03. The lowest BCUT2D eigenvalue weighted by atomic mass is 9.93. The Balaban J connectivity index is 2.32. The number of hydrogen-bond acceptors (Lipinski definition) is 1. The van der Waals surface area contributed by atoms with Gasteiger partial charge in [-0.3, -0.25) is 0 Å². The van der Waals surface area contributed by atoms with Crippen LogP contribution in [0.5, 0.6) is 0 Å². The van der Waals surface area contributed by atoms with E-state index in [4.69, 9.17) is 12.6 Å². The molecule has 0 aromatic rings. The Kier molecular flexibility index (Phi) is 4.49. The van der Waals surface area contributed by atoms with E-state index in [-0.39, 0.29) is 0 Å². The maximum atomic E-state index is 4.85. The standard InChI is InChI=1S/C11H22S/c1-2-3-8-11(12)9-6-4-5-7-10-11/h12H,2-10H2,1H3. The highest BCUT2D eigenvalue weighted by Gasteiger charge is 2.25. The first kappa shape index (κ1) is 10.4. The first-order valence-electron chi connectivity index (χ1n) is 5.49. The molecule has 0 bridgehead atoms. The summed E-state index contributed by atoms with van der Waals surface area (Å²) in [5, 5.41) is 0. The van der Waals surface area contributed by atoms with Crippen molar-refractivity contribution in [1.82, 2.24) is 0 Å². The summed E-state index contributed by atoms with van der Waals surface area (Å²) in [5.74, 6) is 0. The molecule has 0 spiro atoms. The summed E-state index contributed by atoms with van der Waals surface area (Å²) in [6.07, 6.45) is 12.4. The van der Waals surface area contributed by atoms with Gasteiger partial charge in [-0.25, -0.2) is 0 Å². The van der Waals surface area contributed by atoms with Crippen molar-refractivity contribution in [2.45, 2.75) is 69.5 Å². The van der Waals surface area contributed by atoms with Gasteiger partial charge in [0.2, 0.25) is 0 Å². The van der Waals surface area contributed by atoms with E-state index in [1.165, 1.54) is 57.8 Å². The predicted octanol–water partition coefficient (Wildman–Crippen LogP) is 4.20. The zero-order valence-corrected chi connectivity index (χ0v) is 9.21. The molecule has 0 saturated heterocycles. The number of thiol groups is 1. The molecule has 0 aromatic carbocycles. The summed E-state index contributed by atoms with van der Waals surface area (Å²) >= 11 is 4.85. The summed E-state index contributed by atoms with van der Waals surface area (Å²) in [7, 11) is 0. The average molecular weight is 186 g/mol. The molecular formula is C11H22S. The van der Waals surface area contributed by atoms with Gasteiger partial charge in [0.05, 0.1) is 0 Å². The summed E-state index contributed by atoms with van der Waals surface area (Å²) in [5.41, 5.74) is 0. The van der Waals surface area contributed by atoms with Crippen molar-refractivity contribution in [3.8, 4) is 0 Å². The molecule has 72 valence electrons. The topological polar surface area (TPSA) is 0 Å². The van der Waals surface area contributed by atoms with E-state index in [0.29, 0.717) is 4.75 Å². The number of rotatable bonds is 3. The predicted molar refractivity (Wildman–Crippen MR) is 58.9 cm³/mol. The van der Waals surface area contributed by atoms with Crippen LogP contribution in [-0.4, -0.2) is 4.75 Å². The van der Waals surface area contributed by atoms with Gasteiger partial charge in [-0.15, -0.1) is 0 Å². The van der Waals surface area contributed by atoms with Crippen molar-refractivity contribution < 1.29 is 0 Å². The van der Waals surface area contributed by atoms with Crippen LogP contribution in [0.1, 0.15) is 64.7 Å². The Morgan fingerprint density at radius 1 is 1.08 bits per heavy atom. The second-order valence-corrected chi connectivity index (χ2v) is 5.19. The van der Waals surface area contributed by atoms with E-state index < -0.39 is 0 Å². The second-order valence-electron chi connectivity index (χ2n) is 4.24. The van der Waals surface area contributed by atoms with Gasteiger partial charge < -0.3 is 0 Å². The van der Waals surface area contributed by atoms with Crippen LogP contribution in [0.2, 0.25) is 0 Å². The quantitative estimate of drug-likeness (QED) is 0.495. The molecule has 0 N–H and O–H groups in total. The Bertz CT molecular complexity index is 112. The van der Waals surface area contributed by atoms with E-state index in [2.05, 4.69) is 6.92 Å². The first-order chi connectivity index (χ1) is 5.77. The average Bonchev–Trinajstić information content (AvgIpc) is 2.27. The zero-order valence-electron chi connectivity index (χ0n) is 8.31. The van der Waals surface area contributed by atoms with Gasteiger partial charge in [-0.2, -0.15) is 12.6 Å². The van der Waals surface area contributed by atoms with Crippen LogP contribution in [0.25, 0.3) is 0 Å². The van der Waals surface area contributed by atoms with Crippen LogP contribution in [0.3, 0.4) is 0 Å². The third-order valence-corrected chi connectivity index (χ3v) is 3.70. The maximum Gasteiger partial charge on any atom is 0.0130 e. The lowest BCUT2D eigenvalue weighted by molar-refractivity contribution is 0.464. The molecule has 1 saturated carbocycles. The zero-order chi connectivity index (χ0) is 8.86. The molecule has 1 aliphatic carbocycles. The van der Waals surface area contributed by atoms with E-state index in [1.807, 2.05) is 0 Å². The largest absolute Gasteiger partial charge is 0.173 e. The normalized spacial score (nSPS) is 23.5. The van der Waals surface area contributed by atoms with Crippen LogP contribution in [0.15, 0.2) is 0 Å². The molecule has 0 aliphatic heterocycles. The van der Waals surface area contributed by atoms with Gasteiger partial charge in [0.25, 0.3) is 0 Å². The Morgan fingerprint density at radius 2 is 1.67 bits per heavy atom. The lowest BCUT2D eigenvalue weighted by Crippen LogP contribution is -2.19. The molecule has 1 heteroatoms. The fraction of sp³-hybridized carbons (Fsp3) is 1.00. The van der Waals surface area contributed by atoms with Gasteiger partial charge in [0.15, 0.2) is 0 Å². The van der Waals surface area contributed by atoms with E-state index in [9.17, 15) is 0 Å². The summed E-state index contributed by atoms with van der Waals surface area (Å²) in [6.45, 7) is 2.27. The van der Waals surface area contributed by atoms with E-state index in [0.717, 1.165) is 0 Å². The molecule has 0 unspecified atom stereocenters. The maximum absolute atomic E-state index is 4.85. The smallest absolute Gasteiger partial charge is 0.0130 e. The monoisotopic (exact) mass is 186 g/mol. The molecule has 12 heavy (non-hydrogen) atoms. The highest BCUT2D eigenvalue weighted by Crippen LogP contribution is 2.36. The minimum absolute atomic E-state index is 0.409. The van der Waals surface area contributed by atoms with Gasteiger partial charge in [0, 0.05) is 4.75 Å². The molecule has 1 rings (SSSR count). The fourth-order valence-corrected chi connectivity index (χ4v) is 2.62. The Morgan fingerprint density at radius 3 is 2.17 bits per heavy atom.